The Morgan fingerprint density at radius 1 is 0.660 bits per heavy atom. The van der Waals surface area contributed by atoms with Crippen molar-refractivity contribution in [3.63, 3.8) is 0 Å². The summed E-state index contributed by atoms with van der Waals surface area (Å²) < 4.78 is 104. The third-order valence-electron chi connectivity index (χ3n) is 8.08. The normalized spacial score (nSPS) is 13.9. The summed E-state index contributed by atoms with van der Waals surface area (Å²) in [5.74, 6) is -0.970. The third kappa shape index (κ3) is 11.7. The Balaban J connectivity index is 1.71. The van der Waals surface area contributed by atoms with E-state index in [9.17, 15) is 40.7 Å². The van der Waals surface area contributed by atoms with E-state index >= 15 is 0 Å². The summed E-state index contributed by atoms with van der Waals surface area (Å²) in [6.07, 6.45) is -14.2. The van der Waals surface area contributed by atoms with E-state index in [4.69, 9.17) is 18.9 Å². The van der Waals surface area contributed by atoms with E-state index in [1.807, 2.05) is 0 Å². The summed E-state index contributed by atoms with van der Waals surface area (Å²) in [5.41, 5.74) is -3.84. The van der Waals surface area contributed by atoms with Crippen LogP contribution in [0.1, 0.15) is 52.8 Å². The van der Waals surface area contributed by atoms with Gasteiger partial charge in [0.15, 0.2) is 0 Å². The van der Waals surface area contributed by atoms with Crippen molar-refractivity contribution in [1.29, 1.82) is 0 Å². The number of alkyl halides is 6. The first kappa shape index (κ1) is 40.2. The molecule has 0 unspecified atom stereocenters. The van der Waals surface area contributed by atoms with Crippen LogP contribution >= 0.6 is 0 Å². The molecule has 2 amide bonds. The van der Waals surface area contributed by atoms with Gasteiger partial charge in [-0.05, 0) is 47.4 Å². The minimum atomic E-state index is -5.11. The summed E-state index contributed by atoms with van der Waals surface area (Å²) in [6.45, 7) is 0.232. The number of halogens is 6. The van der Waals surface area contributed by atoms with Crippen LogP contribution in [0.4, 0.5) is 35.9 Å². The number of nitrogens with one attached hydrogen (secondary N) is 2. The number of amides is 2. The molecule has 0 aliphatic heterocycles. The van der Waals surface area contributed by atoms with Crippen molar-refractivity contribution in [1.82, 2.24) is 10.6 Å². The molecule has 282 valence electrons. The molecule has 0 aliphatic rings. The van der Waals surface area contributed by atoms with Crippen molar-refractivity contribution in [2.45, 2.75) is 56.6 Å². The largest absolute Gasteiger partial charge is 0.467 e. The monoisotopic (exact) mass is 746 g/mol. The highest BCUT2D eigenvalue weighted by Crippen LogP contribution is 2.39. The average Bonchev–Trinajstić information content (AvgIpc) is 3.14. The molecular formula is C38H36F6N2O7. The molecule has 53 heavy (non-hydrogen) atoms. The number of esters is 1. The number of hydrogen-bond donors (Lipinski definition) is 2. The van der Waals surface area contributed by atoms with Gasteiger partial charge in [0.1, 0.15) is 19.3 Å². The van der Waals surface area contributed by atoms with Gasteiger partial charge in [-0.25, -0.2) is 14.4 Å². The van der Waals surface area contributed by atoms with Crippen molar-refractivity contribution in [2.75, 3.05) is 13.7 Å². The zero-order valence-electron chi connectivity index (χ0n) is 28.5. The zero-order chi connectivity index (χ0) is 38.6. The third-order valence-corrected chi connectivity index (χ3v) is 8.08. The molecule has 0 fully saturated rings. The van der Waals surface area contributed by atoms with E-state index < -0.39 is 77.9 Å². The van der Waals surface area contributed by atoms with E-state index in [0.717, 1.165) is 7.11 Å². The molecule has 0 spiro atoms. The SMILES string of the molecule is COC(=O)[C@H](C[C@](CO[C@H](C)c1cc(C(F)(F)F)cc(C(F)(F)F)c1)(NC(=O)OCc1ccccc1)c1ccccc1)NC(=O)OCc1ccccc1. The fourth-order valence-electron chi connectivity index (χ4n) is 5.30. The molecule has 4 aromatic rings. The molecule has 3 atom stereocenters. The second-order valence-corrected chi connectivity index (χ2v) is 11.9. The van der Waals surface area contributed by atoms with E-state index in [0.29, 0.717) is 23.3 Å². The Labute approximate surface area is 301 Å². The smallest absolute Gasteiger partial charge is 0.416 e. The van der Waals surface area contributed by atoms with Crippen molar-refractivity contribution < 1.29 is 59.7 Å². The molecule has 0 saturated carbocycles. The maximum Gasteiger partial charge on any atom is 0.416 e. The van der Waals surface area contributed by atoms with Gasteiger partial charge in [0, 0.05) is 6.42 Å². The van der Waals surface area contributed by atoms with E-state index in [-0.39, 0.29) is 24.8 Å². The Hall–Kier alpha value is -5.57. The summed E-state index contributed by atoms with van der Waals surface area (Å²) >= 11 is 0. The molecule has 15 heteroatoms. The maximum atomic E-state index is 13.7. The number of hydrogen-bond acceptors (Lipinski definition) is 7. The lowest BCUT2D eigenvalue weighted by atomic mass is 9.84. The van der Waals surface area contributed by atoms with Gasteiger partial charge in [0.25, 0.3) is 0 Å². The van der Waals surface area contributed by atoms with Crippen LogP contribution in [0.5, 0.6) is 0 Å². The van der Waals surface area contributed by atoms with Gasteiger partial charge >= 0.3 is 30.5 Å². The van der Waals surface area contributed by atoms with Crippen molar-refractivity contribution >= 4 is 18.2 Å². The molecular weight excluding hydrogens is 710 g/mol. The van der Waals surface area contributed by atoms with Crippen LogP contribution in [0.3, 0.4) is 0 Å². The Bertz CT molecular complexity index is 1780. The van der Waals surface area contributed by atoms with Gasteiger partial charge in [-0.1, -0.05) is 91.0 Å². The predicted octanol–water partition coefficient (Wildman–Crippen LogP) is 8.48. The number of carbonyl (C=O) groups is 3. The number of benzene rings is 4. The zero-order valence-corrected chi connectivity index (χ0v) is 28.5. The van der Waals surface area contributed by atoms with Crippen LogP contribution in [0.2, 0.25) is 0 Å². The number of alkyl carbamates (subject to hydrolysis) is 2. The van der Waals surface area contributed by atoms with Crippen LogP contribution in [-0.2, 0) is 54.8 Å². The lowest BCUT2D eigenvalue weighted by molar-refractivity contribution is -0.144. The molecule has 0 aromatic heterocycles. The number of carbonyl (C=O) groups excluding carboxylic acids is 3. The van der Waals surface area contributed by atoms with Crippen LogP contribution in [0.15, 0.2) is 109 Å². The van der Waals surface area contributed by atoms with Gasteiger partial charge in [-0.15, -0.1) is 0 Å². The summed E-state index contributed by atoms with van der Waals surface area (Å²) in [7, 11) is 1.06. The number of methoxy groups -OCH3 is 1. The highest BCUT2D eigenvalue weighted by atomic mass is 19.4. The van der Waals surface area contributed by atoms with Gasteiger partial charge in [-0.3, -0.25) is 0 Å². The van der Waals surface area contributed by atoms with Crippen LogP contribution < -0.4 is 10.6 Å². The lowest BCUT2D eigenvalue weighted by Crippen LogP contribution is -2.55. The molecule has 2 N–H and O–H groups in total. The first-order chi connectivity index (χ1) is 25.1. The molecule has 0 radical (unpaired) electrons. The van der Waals surface area contributed by atoms with E-state index in [1.165, 1.54) is 6.92 Å². The molecule has 0 aliphatic carbocycles. The topological polar surface area (TPSA) is 112 Å². The Morgan fingerprint density at radius 2 is 1.13 bits per heavy atom. The van der Waals surface area contributed by atoms with E-state index in [1.54, 1.807) is 91.0 Å². The minimum absolute atomic E-state index is 0.00170. The fourth-order valence-corrected chi connectivity index (χ4v) is 5.30. The highest BCUT2D eigenvalue weighted by molar-refractivity contribution is 5.81. The summed E-state index contributed by atoms with van der Waals surface area (Å²) in [5, 5.41) is 5.12. The fraction of sp³-hybridized carbons (Fsp3) is 0.289. The Morgan fingerprint density at radius 3 is 1.60 bits per heavy atom. The van der Waals surface area contributed by atoms with Crippen molar-refractivity contribution in [3.05, 3.63) is 143 Å². The molecule has 0 saturated heterocycles. The quantitative estimate of drug-likeness (QED) is 0.0757. The van der Waals surface area contributed by atoms with Crippen LogP contribution in [0, 0.1) is 0 Å². The van der Waals surface area contributed by atoms with E-state index in [2.05, 4.69) is 10.6 Å². The number of ether oxygens (including phenoxy) is 4. The minimum Gasteiger partial charge on any atom is -0.467 e. The second-order valence-electron chi connectivity index (χ2n) is 11.9. The first-order valence-electron chi connectivity index (χ1n) is 16.1. The second kappa shape index (κ2) is 17.8. The lowest BCUT2D eigenvalue weighted by Gasteiger charge is -2.38. The van der Waals surface area contributed by atoms with Gasteiger partial charge in [0.05, 0.1) is 36.5 Å². The van der Waals surface area contributed by atoms with Crippen LogP contribution in [-0.4, -0.2) is 37.9 Å². The average molecular weight is 747 g/mol. The first-order valence-corrected chi connectivity index (χ1v) is 16.1. The Kier molecular flexibility index (Phi) is 13.5. The number of rotatable bonds is 14. The highest BCUT2D eigenvalue weighted by Gasteiger charge is 2.42. The van der Waals surface area contributed by atoms with Crippen LogP contribution in [0.25, 0.3) is 0 Å². The van der Waals surface area contributed by atoms with Crippen molar-refractivity contribution in [3.8, 4) is 0 Å². The molecule has 4 rings (SSSR count). The van der Waals surface area contributed by atoms with Crippen molar-refractivity contribution in [2.24, 2.45) is 0 Å². The summed E-state index contributed by atoms with van der Waals surface area (Å²) in [6, 6.07) is 24.7. The van der Waals surface area contributed by atoms with Gasteiger partial charge in [-0.2, -0.15) is 26.3 Å². The molecule has 9 nitrogen and oxygen atoms in total. The standard InChI is InChI=1S/C38H36F6N2O7/c1-25(28-18-30(37(39,40)41)20-31(19-28)38(42,43)44)53-24-36(29-16-10-5-11-17-29,46-35(49)52-23-27-14-8-4-9-15-27)21-32(33(47)50-2)45-34(48)51-22-26-12-6-3-7-13-26/h3-20,25,32H,21-24H2,1-2H3,(H,45,48)(H,46,49)/t25-,32+,36-/m1/s1. The van der Waals surface area contributed by atoms with Gasteiger partial charge in [0.2, 0.25) is 0 Å². The maximum absolute atomic E-state index is 13.7. The summed E-state index contributed by atoms with van der Waals surface area (Å²) in [4.78, 5) is 39.6. The molecule has 0 bridgehead atoms. The predicted molar refractivity (Wildman–Crippen MR) is 179 cm³/mol. The van der Waals surface area contributed by atoms with Gasteiger partial charge < -0.3 is 29.6 Å². The molecule has 0 heterocycles. The molecule has 4 aromatic carbocycles.